The lowest BCUT2D eigenvalue weighted by Crippen LogP contribution is -2.15. The quantitative estimate of drug-likeness (QED) is 0.819. The first kappa shape index (κ1) is 14.0. The molecule has 1 amide bonds. The molecule has 1 N–H and O–H groups in total. The van der Waals surface area contributed by atoms with Crippen LogP contribution in [0.3, 0.4) is 0 Å². The summed E-state index contributed by atoms with van der Waals surface area (Å²) in [7, 11) is 0. The Balaban J connectivity index is 2.07. The molecule has 2 nitrogen and oxygen atoms in total. The first-order valence-corrected chi connectivity index (χ1v) is 6.71. The Morgan fingerprint density at radius 3 is 2.53 bits per heavy atom. The highest BCUT2D eigenvalue weighted by molar-refractivity contribution is 7.80. The summed E-state index contributed by atoms with van der Waals surface area (Å²) < 4.78 is 0. The number of benzene rings is 2. The molecule has 98 valence electrons. The van der Waals surface area contributed by atoms with E-state index >= 15 is 0 Å². The van der Waals surface area contributed by atoms with Gasteiger partial charge in [0, 0.05) is 4.90 Å². The van der Waals surface area contributed by atoms with E-state index in [-0.39, 0.29) is 5.91 Å². The lowest BCUT2D eigenvalue weighted by atomic mass is 10.1. The van der Waals surface area contributed by atoms with Gasteiger partial charge in [-0.25, -0.2) is 0 Å². The van der Waals surface area contributed by atoms with E-state index in [0.29, 0.717) is 17.1 Å². The highest BCUT2D eigenvalue weighted by Crippen LogP contribution is 2.25. The summed E-state index contributed by atoms with van der Waals surface area (Å²) in [4.78, 5) is 12.9. The number of carbonyl (C=O) groups is 1. The first-order chi connectivity index (χ1) is 9.06. The summed E-state index contributed by atoms with van der Waals surface area (Å²) >= 11 is 10.3. The maximum absolute atomic E-state index is 12.0. The van der Waals surface area contributed by atoms with Crippen molar-refractivity contribution < 1.29 is 4.79 Å². The van der Waals surface area contributed by atoms with Gasteiger partial charge in [0.05, 0.1) is 17.1 Å². The van der Waals surface area contributed by atoms with Gasteiger partial charge in [-0.05, 0) is 36.2 Å². The van der Waals surface area contributed by atoms with Crippen LogP contribution in [0.25, 0.3) is 0 Å². The molecule has 0 aliphatic rings. The summed E-state index contributed by atoms with van der Waals surface area (Å²) in [5.74, 6) is -0.0804. The Hall–Kier alpha value is -1.45. The van der Waals surface area contributed by atoms with Gasteiger partial charge in [-0.3, -0.25) is 4.79 Å². The molecule has 0 spiro atoms. The Bertz CT molecular complexity index is 575. The predicted molar refractivity (Wildman–Crippen MR) is 82.2 cm³/mol. The van der Waals surface area contributed by atoms with E-state index in [1.54, 1.807) is 6.07 Å². The van der Waals surface area contributed by atoms with E-state index in [1.165, 1.54) is 0 Å². The van der Waals surface area contributed by atoms with Gasteiger partial charge in [0.1, 0.15) is 0 Å². The SMILES string of the molecule is Cc1cccc(Cl)c1NC(=O)Cc1ccc(S)cc1. The number of aryl methyl sites for hydroxylation is 1. The summed E-state index contributed by atoms with van der Waals surface area (Å²) in [6, 6.07) is 13.1. The number of thiol groups is 1. The van der Waals surface area contributed by atoms with Crippen molar-refractivity contribution in [1.82, 2.24) is 0 Å². The fourth-order valence-corrected chi connectivity index (χ4v) is 2.19. The highest BCUT2D eigenvalue weighted by atomic mass is 35.5. The molecule has 19 heavy (non-hydrogen) atoms. The van der Waals surface area contributed by atoms with Crippen LogP contribution in [0.1, 0.15) is 11.1 Å². The van der Waals surface area contributed by atoms with Crippen molar-refractivity contribution >= 4 is 35.8 Å². The number of nitrogens with one attached hydrogen (secondary N) is 1. The molecular formula is C15H14ClNOS. The molecular weight excluding hydrogens is 278 g/mol. The zero-order valence-corrected chi connectivity index (χ0v) is 12.1. The summed E-state index contributed by atoms with van der Waals surface area (Å²) in [5, 5.41) is 3.41. The Labute approximate surface area is 123 Å². The van der Waals surface area contributed by atoms with Gasteiger partial charge < -0.3 is 5.32 Å². The van der Waals surface area contributed by atoms with E-state index in [9.17, 15) is 4.79 Å². The standard InChI is InChI=1S/C15H14ClNOS/c1-10-3-2-4-13(16)15(10)17-14(18)9-11-5-7-12(19)8-6-11/h2-8,19H,9H2,1H3,(H,17,18). The van der Waals surface area contributed by atoms with Crippen molar-refractivity contribution in [3.8, 4) is 0 Å². The van der Waals surface area contributed by atoms with Crippen LogP contribution in [0.15, 0.2) is 47.4 Å². The fourth-order valence-electron chi connectivity index (χ4n) is 1.77. The van der Waals surface area contributed by atoms with Crippen molar-refractivity contribution in [3.63, 3.8) is 0 Å². The summed E-state index contributed by atoms with van der Waals surface area (Å²) in [6.45, 7) is 1.91. The summed E-state index contributed by atoms with van der Waals surface area (Å²) in [6.07, 6.45) is 0.318. The van der Waals surface area contributed by atoms with Gasteiger partial charge in [0.25, 0.3) is 0 Å². The molecule has 0 fully saturated rings. The van der Waals surface area contributed by atoms with Gasteiger partial charge in [-0.2, -0.15) is 0 Å². The molecule has 0 unspecified atom stereocenters. The number of amides is 1. The Morgan fingerprint density at radius 1 is 1.21 bits per heavy atom. The lowest BCUT2D eigenvalue weighted by molar-refractivity contribution is -0.115. The topological polar surface area (TPSA) is 29.1 Å². The van der Waals surface area contributed by atoms with E-state index in [4.69, 9.17) is 11.6 Å². The van der Waals surface area contributed by atoms with Crippen molar-refractivity contribution in [1.29, 1.82) is 0 Å². The highest BCUT2D eigenvalue weighted by Gasteiger charge is 2.08. The molecule has 0 bridgehead atoms. The third kappa shape index (κ3) is 3.75. The number of hydrogen-bond donors (Lipinski definition) is 2. The van der Waals surface area contributed by atoms with Crippen molar-refractivity contribution in [2.75, 3.05) is 5.32 Å². The van der Waals surface area contributed by atoms with E-state index < -0.39 is 0 Å². The smallest absolute Gasteiger partial charge is 0.228 e. The van der Waals surface area contributed by atoms with Crippen molar-refractivity contribution in [3.05, 3.63) is 58.6 Å². The average molecular weight is 292 g/mol. The number of hydrogen-bond acceptors (Lipinski definition) is 2. The molecule has 0 aliphatic heterocycles. The maximum atomic E-state index is 12.0. The minimum absolute atomic E-state index is 0.0804. The van der Waals surface area contributed by atoms with Crippen molar-refractivity contribution in [2.24, 2.45) is 0 Å². The second kappa shape index (κ2) is 6.13. The van der Waals surface area contributed by atoms with E-state index in [0.717, 1.165) is 16.0 Å². The molecule has 0 saturated heterocycles. The van der Waals surface area contributed by atoms with Gasteiger partial charge >= 0.3 is 0 Å². The minimum Gasteiger partial charge on any atom is -0.324 e. The monoisotopic (exact) mass is 291 g/mol. The molecule has 0 aliphatic carbocycles. The zero-order valence-electron chi connectivity index (χ0n) is 10.5. The van der Waals surface area contributed by atoms with Crippen LogP contribution in [0.2, 0.25) is 5.02 Å². The van der Waals surface area contributed by atoms with Crippen LogP contribution in [0.5, 0.6) is 0 Å². The van der Waals surface area contributed by atoms with Crippen LogP contribution in [-0.4, -0.2) is 5.91 Å². The van der Waals surface area contributed by atoms with Crippen molar-refractivity contribution in [2.45, 2.75) is 18.2 Å². The van der Waals surface area contributed by atoms with E-state index in [1.807, 2.05) is 43.3 Å². The Kier molecular flexibility index (Phi) is 4.51. The number of carbonyl (C=O) groups excluding carboxylic acids is 1. The second-order valence-corrected chi connectivity index (χ2v) is 5.25. The number of para-hydroxylation sites is 1. The van der Waals surface area contributed by atoms with Crippen LogP contribution < -0.4 is 5.32 Å². The predicted octanol–water partition coefficient (Wildman–Crippen LogP) is 4.12. The molecule has 0 aromatic heterocycles. The molecule has 2 aromatic rings. The molecule has 2 aromatic carbocycles. The van der Waals surface area contributed by atoms with Gasteiger partial charge in [-0.1, -0.05) is 35.9 Å². The number of halogens is 1. The molecule has 2 rings (SSSR count). The fraction of sp³-hybridized carbons (Fsp3) is 0.133. The first-order valence-electron chi connectivity index (χ1n) is 5.89. The average Bonchev–Trinajstić information content (AvgIpc) is 2.37. The van der Waals surface area contributed by atoms with Gasteiger partial charge in [0.15, 0.2) is 0 Å². The maximum Gasteiger partial charge on any atom is 0.228 e. The third-order valence-corrected chi connectivity index (χ3v) is 3.40. The van der Waals surface area contributed by atoms with Gasteiger partial charge in [0.2, 0.25) is 5.91 Å². The third-order valence-electron chi connectivity index (χ3n) is 2.79. The Morgan fingerprint density at radius 2 is 1.89 bits per heavy atom. The summed E-state index contributed by atoms with van der Waals surface area (Å²) in [5.41, 5.74) is 2.58. The van der Waals surface area contributed by atoms with Crippen LogP contribution in [-0.2, 0) is 11.2 Å². The molecule has 4 heteroatoms. The normalized spacial score (nSPS) is 10.3. The van der Waals surface area contributed by atoms with Crippen LogP contribution in [0, 0.1) is 6.92 Å². The lowest BCUT2D eigenvalue weighted by Gasteiger charge is -2.10. The van der Waals surface area contributed by atoms with Crippen LogP contribution in [0.4, 0.5) is 5.69 Å². The molecule has 0 saturated carbocycles. The zero-order chi connectivity index (χ0) is 13.8. The molecule has 0 atom stereocenters. The number of rotatable bonds is 3. The largest absolute Gasteiger partial charge is 0.324 e. The molecule has 0 radical (unpaired) electrons. The van der Waals surface area contributed by atoms with Crippen LogP contribution >= 0.6 is 24.2 Å². The second-order valence-electron chi connectivity index (χ2n) is 4.32. The molecule has 0 heterocycles. The van der Waals surface area contributed by atoms with E-state index in [2.05, 4.69) is 17.9 Å². The minimum atomic E-state index is -0.0804. The number of anilines is 1. The van der Waals surface area contributed by atoms with Gasteiger partial charge in [-0.15, -0.1) is 12.6 Å².